The number of fused-ring (bicyclic) bond motifs is 8. The Morgan fingerprint density at radius 2 is 0.788 bits per heavy atom. The van der Waals surface area contributed by atoms with Gasteiger partial charge in [0.25, 0.3) is 0 Å². The van der Waals surface area contributed by atoms with Crippen LogP contribution in [0.4, 0.5) is 0 Å². The number of phenols is 3. The number of aliphatic hydroxyl groups is 1. The maximum absolute atomic E-state index is 10.3. The molecule has 252 valence electrons. The summed E-state index contributed by atoms with van der Waals surface area (Å²) < 4.78 is 0. The molecule has 1 atom stereocenters. The number of rotatable bonds is 4. The number of aromatic amines is 2. The van der Waals surface area contributed by atoms with Crippen molar-refractivity contribution in [2.75, 3.05) is 0 Å². The largest absolute Gasteiger partial charge is 0.508 e. The summed E-state index contributed by atoms with van der Waals surface area (Å²) in [7, 11) is 0. The van der Waals surface area contributed by atoms with E-state index in [1.165, 1.54) is 0 Å². The zero-order valence-electron chi connectivity index (χ0n) is 27.7. The van der Waals surface area contributed by atoms with Crippen molar-refractivity contribution in [2.45, 2.75) is 12.5 Å². The van der Waals surface area contributed by atoms with Crippen LogP contribution in [0.3, 0.4) is 0 Å². The van der Waals surface area contributed by atoms with Gasteiger partial charge in [-0.25, -0.2) is 9.97 Å². The van der Waals surface area contributed by atoms with Crippen molar-refractivity contribution in [3.05, 3.63) is 144 Å². The molecule has 3 aromatic carbocycles. The van der Waals surface area contributed by atoms with Crippen LogP contribution >= 0.6 is 0 Å². The SMILES string of the molecule is Oc1ccc(-c2c3nc(c(-c4ccc(O)cc4)c4ccc([nH]4)c(-c4ccc(O)cc4)c4nc(c(C5=CCC(O)C=C5)c5ccc2[nH]5)C=C4)C=C3)cc1. The zero-order chi connectivity index (χ0) is 35.3. The monoisotopic (exact) mass is 680 g/mol. The van der Waals surface area contributed by atoms with E-state index in [-0.39, 0.29) is 17.2 Å². The topological polar surface area (TPSA) is 138 Å². The number of nitrogens with one attached hydrogen (secondary N) is 2. The lowest BCUT2D eigenvalue weighted by Gasteiger charge is -2.12. The first kappa shape index (κ1) is 31.1. The number of aromatic nitrogens is 4. The highest BCUT2D eigenvalue weighted by molar-refractivity contribution is 5.99. The normalized spacial score (nSPS) is 14.9. The maximum Gasteiger partial charge on any atom is 0.115 e. The number of aromatic hydroxyl groups is 3. The molecule has 1 aliphatic carbocycles. The third-order valence-electron chi connectivity index (χ3n) is 9.59. The molecule has 9 rings (SSSR count). The molecule has 8 bridgehead atoms. The Balaban J connectivity index is 1.45. The molecule has 0 spiro atoms. The van der Waals surface area contributed by atoms with Crippen LogP contribution in [0.5, 0.6) is 17.2 Å². The molecule has 8 heteroatoms. The third-order valence-corrected chi connectivity index (χ3v) is 9.59. The van der Waals surface area contributed by atoms with Gasteiger partial charge in [-0.15, -0.1) is 0 Å². The molecule has 1 unspecified atom stereocenters. The van der Waals surface area contributed by atoms with Crippen molar-refractivity contribution in [1.82, 2.24) is 19.9 Å². The van der Waals surface area contributed by atoms with Crippen molar-refractivity contribution >= 4 is 51.9 Å². The summed E-state index contributed by atoms with van der Waals surface area (Å²) in [5.41, 5.74) is 13.2. The minimum atomic E-state index is -0.551. The number of hydrogen-bond donors (Lipinski definition) is 6. The van der Waals surface area contributed by atoms with Crippen LogP contribution in [0.2, 0.25) is 0 Å². The summed E-state index contributed by atoms with van der Waals surface area (Å²) in [5, 5.41) is 40.8. The summed E-state index contributed by atoms with van der Waals surface area (Å²) >= 11 is 0. The number of H-pyrrole nitrogens is 2. The molecule has 0 fully saturated rings. The molecule has 0 radical (unpaired) electrons. The summed E-state index contributed by atoms with van der Waals surface area (Å²) in [5.74, 6) is 0.503. The first-order valence-corrected chi connectivity index (χ1v) is 17.0. The van der Waals surface area contributed by atoms with Crippen LogP contribution in [0.1, 0.15) is 34.8 Å². The first-order valence-electron chi connectivity index (χ1n) is 17.0. The Labute approximate surface area is 298 Å². The van der Waals surface area contributed by atoms with Crippen LogP contribution in [0.25, 0.3) is 85.3 Å². The van der Waals surface area contributed by atoms with Gasteiger partial charge in [0.05, 0.1) is 28.9 Å². The molecule has 3 aliphatic rings. The van der Waals surface area contributed by atoms with Gasteiger partial charge in [-0.3, -0.25) is 0 Å². The van der Waals surface area contributed by atoms with Gasteiger partial charge < -0.3 is 30.4 Å². The minimum Gasteiger partial charge on any atom is -0.508 e. The maximum atomic E-state index is 10.3. The number of allylic oxidation sites excluding steroid dienone is 2. The third kappa shape index (κ3) is 5.57. The Hall–Kier alpha value is -6.90. The van der Waals surface area contributed by atoms with Gasteiger partial charge in [-0.2, -0.15) is 0 Å². The van der Waals surface area contributed by atoms with Crippen molar-refractivity contribution in [2.24, 2.45) is 0 Å². The van der Waals surface area contributed by atoms with Gasteiger partial charge in [0.1, 0.15) is 17.2 Å². The lowest BCUT2D eigenvalue weighted by Crippen LogP contribution is -2.04. The van der Waals surface area contributed by atoms with Gasteiger partial charge in [-0.1, -0.05) is 54.6 Å². The average Bonchev–Trinajstić information content (AvgIpc) is 3.99. The molecule has 52 heavy (non-hydrogen) atoms. The smallest absolute Gasteiger partial charge is 0.115 e. The van der Waals surface area contributed by atoms with Crippen LogP contribution < -0.4 is 0 Å². The molecule has 0 amide bonds. The summed E-state index contributed by atoms with van der Waals surface area (Å²) in [6, 6.07) is 29.4. The van der Waals surface area contributed by atoms with E-state index in [9.17, 15) is 20.4 Å². The minimum absolute atomic E-state index is 0.166. The standard InChI is InChI=1S/C44H32N4O4/c49-29-9-1-25(2-10-29)41-33-17-19-35(45-33)42(26-3-11-30(50)12-4-26)37-21-23-39(47-37)44(28-7-15-32(52)16-8-28)40-24-22-38(48-40)43(36-20-18-34(41)46-36)27-5-13-31(51)14-6-27/h1-15,17-24,32,45,48-52H,16H2. The van der Waals surface area contributed by atoms with Gasteiger partial charge >= 0.3 is 0 Å². The van der Waals surface area contributed by atoms with E-state index in [0.29, 0.717) is 6.42 Å². The number of nitrogens with zero attached hydrogens (tertiary/aromatic N) is 2. The fourth-order valence-corrected chi connectivity index (χ4v) is 7.10. The van der Waals surface area contributed by atoms with Crippen LogP contribution in [-0.2, 0) is 0 Å². The van der Waals surface area contributed by atoms with Crippen molar-refractivity contribution in [3.8, 4) is 50.6 Å². The van der Waals surface area contributed by atoms with E-state index < -0.39 is 6.10 Å². The predicted molar refractivity (Wildman–Crippen MR) is 208 cm³/mol. The van der Waals surface area contributed by atoms with Gasteiger partial charge in [0, 0.05) is 44.3 Å². The van der Waals surface area contributed by atoms with Gasteiger partial charge in [0.15, 0.2) is 0 Å². The number of benzene rings is 3. The number of hydrogen-bond acceptors (Lipinski definition) is 6. The zero-order valence-corrected chi connectivity index (χ0v) is 27.7. The average molecular weight is 681 g/mol. The number of phenolic OH excluding ortho intramolecular Hbond substituents is 3. The van der Waals surface area contributed by atoms with Crippen molar-refractivity contribution in [3.63, 3.8) is 0 Å². The Kier molecular flexibility index (Phi) is 7.45. The lowest BCUT2D eigenvalue weighted by atomic mass is 9.97. The summed E-state index contributed by atoms with van der Waals surface area (Å²) in [6.45, 7) is 0. The van der Waals surface area contributed by atoms with Gasteiger partial charge in [0.2, 0.25) is 0 Å². The van der Waals surface area contributed by atoms with E-state index in [0.717, 1.165) is 89.4 Å². The van der Waals surface area contributed by atoms with E-state index in [1.807, 2.05) is 97.1 Å². The fraction of sp³-hybridized carbons (Fsp3) is 0.0455. The molecule has 0 saturated heterocycles. The Morgan fingerprint density at radius 3 is 1.13 bits per heavy atom. The van der Waals surface area contributed by atoms with Crippen molar-refractivity contribution in [1.29, 1.82) is 0 Å². The molecule has 5 heterocycles. The highest BCUT2D eigenvalue weighted by atomic mass is 16.3. The molecule has 0 saturated carbocycles. The van der Waals surface area contributed by atoms with Crippen LogP contribution in [0, 0.1) is 0 Å². The molecule has 8 nitrogen and oxygen atoms in total. The van der Waals surface area contributed by atoms with Crippen molar-refractivity contribution < 1.29 is 20.4 Å². The molecule has 3 aromatic heterocycles. The molecule has 6 aromatic rings. The summed E-state index contributed by atoms with van der Waals surface area (Å²) in [4.78, 5) is 17.8. The number of aliphatic hydroxyl groups excluding tert-OH is 1. The quantitative estimate of drug-likeness (QED) is 0.110. The summed E-state index contributed by atoms with van der Waals surface area (Å²) in [6.07, 6.45) is 13.7. The second kappa shape index (κ2) is 12.5. The van der Waals surface area contributed by atoms with Crippen LogP contribution in [0.15, 0.2) is 115 Å². The Morgan fingerprint density at radius 1 is 0.442 bits per heavy atom. The van der Waals surface area contributed by atoms with Crippen LogP contribution in [-0.4, -0.2) is 46.5 Å². The van der Waals surface area contributed by atoms with E-state index in [4.69, 9.17) is 9.97 Å². The molecular formula is C44H32N4O4. The Bertz CT molecular complexity index is 2630. The molecule has 2 aliphatic heterocycles. The predicted octanol–water partition coefficient (Wildman–Crippen LogP) is 9.48. The highest BCUT2D eigenvalue weighted by Gasteiger charge is 2.20. The van der Waals surface area contributed by atoms with E-state index >= 15 is 0 Å². The molecule has 6 N–H and O–H groups in total. The second-order valence-electron chi connectivity index (χ2n) is 13.0. The highest BCUT2D eigenvalue weighted by Crippen LogP contribution is 2.39. The molecular weight excluding hydrogens is 649 g/mol. The van der Waals surface area contributed by atoms with E-state index in [2.05, 4.69) is 9.97 Å². The lowest BCUT2D eigenvalue weighted by molar-refractivity contribution is 0.226. The van der Waals surface area contributed by atoms with Gasteiger partial charge in [-0.05, 0) is 114 Å². The van der Waals surface area contributed by atoms with E-state index in [1.54, 1.807) is 42.5 Å². The second-order valence-corrected chi connectivity index (χ2v) is 13.0. The fourth-order valence-electron chi connectivity index (χ4n) is 7.10. The first-order chi connectivity index (χ1) is 25.4.